The van der Waals surface area contributed by atoms with Gasteiger partial charge in [-0.2, -0.15) is 0 Å². The minimum Gasteiger partial charge on any atom is -0.394 e. The molecular weight excluding hydrogens is 506 g/mol. The fourth-order valence-electron chi connectivity index (χ4n) is 4.83. The molecule has 2 heterocycles. The molecule has 16 nitrogen and oxygen atoms in total. The van der Waals surface area contributed by atoms with Gasteiger partial charge in [-0.05, 0) is 19.4 Å². The smallest absolute Gasteiger partial charge is 0.249 e. The molecule has 1 saturated carbocycles. The lowest BCUT2D eigenvalue weighted by Gasteiger charge is -2.48. The normalized spacial score (nSPS) is 44.5. The van der Waals surface area contributed by atoms with Gasteiger partial charge in [0.2, 0.25) is 5.91 Å². The van der Waals surface area contributed by atoms with E-state index < -0.39 is 98.0 Å². The van der Waals surface area contributed by atoms with Crippen molar-refractivity contribution in [2.45, 2.75) is 98.4 Å². The van der Waals surface area contributed by atoms with Crippen molar-refractivity contribution in [3.8, 4) is 0 Å². The predicted octanol–water partition coefficient (Wildman–Crippen LogP) is -6.66. The zero-order valence-electron chi connectivity index (χ0n) is 21.1. The number of hydrogen-bond donors (Lipinski definition) is 11. The SMILES string of the molecule is NCC[C@H](O)C(=O)N[C@@H]1C[C@H](N)[C@@H](O[C@H]2O[C@H](CN)C=C[C@H]2N)[C@@H](N)[C@H]1O[C@H]1O[C@H](CO)[C@@H](O)[C@H](N)[C@H]1O. The fourth-order valence-corrected chi connectivity index (χ4v) is 4.83. The Bertz CT molecular complexity index is 796. The van der Waals surface area contributed by atoms with Crippen molar-refractivity contribution < 1.29 is 44.2 Å². The molecule has 16 heteroatoms. The molecule has 0 bridgehead atoms. The highest BCUT2D eigenvalue weighted by atomic mass is 16.7. The summed E-state index contributed by atoms with van der Waals surface area (Å²) >= 11 is 0. The molecular formula is C22H43N7O9. The van der Waals surface area contributed by atoms with E-state index in [2.05, 4.69) is 5.32 Å². The lowest BCUT2D eigenvalue weighted by atomic mass is 9.82. The van der Waals surface area contributed by atoms with Gasteiger partial charge in [-0.1, -0.05) is 12.2 Å². The van der Waals surface area contributed by atoms with Crippen LogP contribution in [0, 0.1) is 0 Å². The Morgan fingerprint density at radius 2 is 1.68 bits per heavy atom. The third kappa shape index (κ3) is 7.04. The third-order valence-corrected chi connectivity index (χ3v) is 7.10. The average molecular weight is 550 g/mol. The molecule has 1 aliphatic carbocycles. The van der Waals surface area contributed by atoms with E-state index in [0.29, 0.717) is 0 Å². The van der Waals surface area contributed by atoms with Crippen LogP contribution >= 0.6 is 0 Å². The molecule has 1 saturated heterocycles. The molecule has 0 unspecified atom stereocenters. The summed E-state index contributed by atoms with van der Waals surface area (Å²) < 4.78 is 23.5. The molecule has 0 aromatic heterocycles. The standard InChI is InChI=1S/C22H43N7O9/c23-4-3-12(31)20(34)29-11-5-10(26)18(37-21-9(25)2-1-8(6-24)35-21)15(28)19(11)38-22-17(33)14(27)16(32)13(7-30)36-22/h1-2,8-19,21-22,30-33H,3-7,23-28H2,(H,29,34)/t8-,9+,10-,11+,12-,13+,14-,15+,16+,17+,18+,19-,21+,22+/m0/s1. The van der Waals surface area contributed by atoms with Crippen molar-refractivity contribution in [3.63, 3.8) is 0 Å². The van der Waals surface area contributed by atoms with Crippen LogP contribution in [0.2, 0.25) is 0 Å². The number of aliphatic hydroxyl groups excluding tert-OH is 4. The summed E-state index contributed by atoms with van der Waals surface area (Å²) in [5.41, 5.74) is 36.1. The monoisotopic (exact) mass is 549 g/mol. The molecule has 0 aromatic rings. The number of hydrogen-bond acceptors (Lipinski definition) is 15. The summed E-state index contributed by atoms with van der Waals surface area (Å²) in [5, 5.41) is 43.1. The first-order chi connectivity index (χ1) is 18.0. The van der Waals surface area contributed by atoms with Gasteiger partial charge in [0.15, 0.2) is 12.6 Å². The van der Waals surface area contributed by atoms with Gasteiger partial charge in [0.1, 0.15) is 24.4 Å². The van der Waals surface area contributed by atoms with Crippen LogP contribution in [-0.4, -0.2) is 132 Å². The summed E-state index contributed by atoms with van der Waals surface area (Å²) in [4.78, 5) is 12.6. The van der Waals surface area contributed by atoms with Crippen LogP contribution in [0.5, 0.6) is 0 Å². The van der Waals surface area contributed by atoms with Gasteiger partial charge < -0.3 is 79.1 Å². The van der Waals surface area contributed by atoms with Crippen molar-refractivity contribution in [2.75, 3.05) is 19.7 Å². The summed E-state index contributed by atoms with van der Waals surface area (Å²) in [6, 6.07) is -4.45. The highest BCUT2D eigenvalue weighted by Crippen LogP contribution is 2.30. The zero-order chi connectivity index (χ0) is 28.1. The Hall–Kier alpha value is -1.35. The van der Waals surface area contributed by atoms with Crippen molar-refractivity contribution in [2.24, 2.45) is 34.4 Å². The average Bonchev–Trinajstić information content (AvgIpc) is 2.89. The first-order valence-electron chi connectivity index (χ1n) is 12.7. The summed E-state index contributed by atoms with van der Waals surface area (Å²) in [7, 11) is 0. The molecule has 38 heavy (non-hydrogen) atoms. The molecule has 0 aromatic carbocycles. The molecule has 0 radical (unpaired) electrons. The van der Waals surface area contributed by atoms with E-state index in [1.54, 1.807) is 12.2 Å². The van der Waals surface area contributed by atoms with Gasteiger partial charge >= 0.3 is 0 Å². The van der Waals surface area contributed by atoms with Gasteiger partial charge in [0, 0.05) is 12.6 Å². The van der Waals surface area contributed by atoms with Crippen LogP contribution in [-0.2, 0) is 23.7 Å². The fraction of sp³-hybridized carbons (Fsp3) is 0.864. The van der Waals surface area contributed by atoms with Crippen LogP contribution in [0.15, 0.2) is 12.2 Å². The number of nitrogens with one attached hydrogen (secondary N) is 1. The summed E-state index contributed by atoms with van der Waals surface area (Å²) in [6.07, 6.45) is -6.58. The van der Waals surface area contributed by atoms with Crippen LogP contribution in [0.4, 0.5) is 0 Å². The van der Waals surface area contributed by atoms with Crippen LogP contribution < -0.4 is 39.7 Å². The van der Waals surface area contributed by atoms with E-state index in [-0.39, 0.29) is 25.9 Å². The van der Waals surface area contributed by atoms with E-state index in [1.807, 2.05) is 0 Å². The first-order valence-corrected chi connectivity index (χ1v) is 12.7. The molecule has 220 valence electrons. The molecule has 17 N–H and O–H groups in total. The van der Waals surface area contributed by atoms with E-state index in [0.717, 1.165) is 0 Å². The van der Waals surface area contributed by atoms with E-state index in [9.17, 15) is 25.2 Å². The summed E-state index contributed by atoms with van der Waals surface area (Å²) in [5.74, 6) is -0.716. The Balaban J connectivity index is 1.83. The number of carbonyl (C=O) groups excluding carboxylic acids is 1. The lowest BCUT2D eigenvalue weighted by Crippen LogP contribution is -2.71. The first kappa shape index (κ1) is 31.2. The maximum Gasteiger partial charge on any atom is 0.249 e. The van der Waals surface area contributed by atoms with Gasteiger partial charge in [-0.15, -0.1) is 0 Å². The van der Waals surface area contributed by atoms with Crippen molar-refractivity contribution in [1.82, 2.24) is 5.32 Å². The van der Waals surface area contributed by atoms with E-state index in [4.69, 9.17) is 53.3 Å². The maximum absolute atomic E-state index is 12.6. The molecule has 3 rings (SSSR count). The van der Waals surface area contributed by atoms with E-state index >= 15 is 0 Å². The number of nitrogens with two attached hydrogens (primary N) is 6. The second kappa shape index (κ2) is 13.8. The lowest BCUT2D eigenvalue weighted by molar-refractivity contribution is -0.300. The Morgan fingerprint density at radius 3 is 2.32 bits per heavy atom. The number of amides is 1. The Kier molecular flexibility index (Phi) is 11.3. The van der Waals surface area contributed by atoms with Gasteiger partial charge in [-0.3, -0.25) is 4.79 Å². The minimum absolute atomic E-state index is 0.0238. The number of ether oxygens (including phenoxy) is 4. The van der Waals surface area contributed by atoms with Gasteiger partial charge in [0.25, 0.3) is 0 Å². The Labute approximate surface area is 220 Å². The molecule has 0 spiro atoms. The molecule has 2 fully saturated rings. The number of carbonyl (C=O) groups is 1. The van der Waals surface area contributed by atoms with Crippen molar-refractivity contribution in [1.29, 1.82) is 0 Å². The molecule has 2 aliphatic heterocycles. The molecule has 14 atom stereocenters. The van der Waals surface area contributed by atoms with Crippen LogP contribution in [0.25, 0.3) is 0 Å². The second-order valence-electron chi connectivity index (χ2n) is 9.91. The maximum atomic E-state index is 12.6. The largest absolute Gasteiger partial charge is 0.394 e. The van der Waals surface area contributed by atoms with Crippen molar-refractivity contribution >= 4 is 5.91 Å². The second-order valence-corrected chi connectivity index (χ2v) is 9.91. The van der Waals surface area contributed by atoms with Crippen molar-refractivity contribution in [3.05, 3.63) is 12.2 Å². The molecule has 3 aliphatic rings. The topological polar surface area (TPSA) is 303 Å². The Morgan fingerprint density at radius 1 is 1.00 bits per heavy atom. The van der Waals surface area contributed by atoms with Crippen LogP contribution in [0.1, 0.15) is 12.8 Å². The number of aliphatic hydroxyl groups is 4. The quantitative estimate of drug-likeness (QED) is 0.113. The van der Waals surface area contributed by atoms with E-state index in [1.165, 1.54) is 0 Å². The third-order valence-electron chi connectivity index (χ3n) is 7.10. The zero-order valence-corrected chi connectivity index (χ0v) is 21.1. The van der Waals surface area contributed by atoms with Gasteiger partial charge in [0.05, 0.1) is 49.1 Å². The summed E-state index contributed by atoms with van der Waals surface area (Å²) in [6.45, 7) is -0.308. The minimum atomic E-state index is -1.50. The van der Waals surface area contributed by atoms with Crippen LogP contribution in [0.3, 0.4) is 0 Å². The molecule has 1 amide bonds. The highest BCUT2D eigenvalue weighted by molar-refractivity contribution is 5.80. The number of rotatable bonds is 10. The predicted molar refractivity (Wildman–Crippen MR) is 132 cm³/mol. The highest BCUT2D eigenvalue weighted by Gasteiger charge is 2.50. The van der Waals surface area contributed by atoms with Gasteiger partial charge in [-0.25, -0.2) is 0 Å².